The molecule has 3 aromatic rings. The van der Waals surface area contributed by atoms with E-state index in [-0.39, 0.29) is 22.4 Å². The number of fused-ring (bicyclic) bond motifs is 1. The van der Waals surface area contributed by atoms with Crippen molar-refractivity contribution in [3.8, 4) is 23.0 Å². The van der Waals surface area contributed by atoms with Crippen molar-refractivity contribution >= 4 is 16.6 Å². The van der Waals surface area contributed by atoms with Gasteiger partial charge in [-0.05, 0) is 6.07 Å². The van der Waals surface area contributed by atoms with E-state index < -0.39 is 39.6 Å². The number of methoxy groups -OCH3 is 1. The Morgan fingerprint density at radius 1 is 1.15 bits per heavy atom. The van der Waals surface area contributed by atoms with Crippen molar-refractivity contribution in [2.75, 3.05) is 7.11 Å². The molecule has 0 fully saturated rings. The molecule has 1 N–H and O–H groups in total. The number of hydrogen-bond acceptors (Lipinski definition) is 6. The SMILES string of the molecule is COc1cc2nccc(Oc3c(F)cc([N+](=O)[O-])cc3F)c2c(F)c1O. The van der Waals surface area contributed by atoms with E-state index >= 15 is 0 Å². The minimum Gasteiger partial charge on any atom is -0.502 e. The highest BCUT2D eigenvalue weighted by molar-refractivity contribution is 5.89. The Morgan fingerprint density at radius 2 is 1.81 bits per heavy atom. The number of halogens is 3. The quantitative estimate of drug-likeness (QED) is 0.553. The highest BCUT2D eigenvalue weighted by atomic mass is 19.1. The summed E-state index contributed by atoms with van der Waals surface area (Å²) >= 11 is 0. The molecule has 134 valence electrons. The fourth-order valence-electron chi connectivity index (χ4n) is 2.31. The van der Waals surface area contributed by atoms with Crippen LogP contribution in [0.3, 0.4) is 0 Å². The number of nitro groups is 1. The average molecular weight is 366 g/mol. The lowest BCUT2D eigenvalue weighted by Gasteiger charge is -2.12. The van der Waals surface area contributed by atoms with Gasteiger partial charge in [0.1, 0.15) is 5.75 Å². The Balaban J connectivity index is 2.16. The second-order valence-corrected chi connectivity index (χ2v) is 5.04. The summed E-state index contributed by atoms with van der Waals surface area (Å²) in [6.07, 6.45) is 1.19. The molecule has 0 amide bonds. The van der Waals surface area contributed by atoms with Gasteiger partial charge in [0.2, 0.25) is 0 Å². The van der Waals surface area contributed by atoms with Crippen molar-refractivity contribution in [2.45, 2.75) is 0 Å². The van der Waals surface area contributed by atoms with Crippen molar-refractivity contribution < 1.29 is 32.7 Å². The summed E-state index contributed by atoms with van der Waals surface area (Å²) in [6, 6.07) is 3.28. The van der Waals surface area contributed by atoms with E-state index in [4.69, 9.17) is 9.47 Å². The number of phenolic OH excluding ortho intramolecular Hbond substituents is 1. The van der Waals surface area contributed by atoms with Crippen molar-refractivity contribution in [3.05, 3.63) is 58.0 Å². The van der Waals surface area contributed by atoms with E-state index in [0.717, 1.165) is 6.07 Å². The zero-order chi connectivity index (χ0) is 19.0. The second-order valence-electron chi connectivity index (χ2n) is 5.04. The van der Waals surface area contributed by atoms with Gasteiger partial charge in [-0.3, -0.25) is 15.1 Å². The van der Waals surface area contributed by atoms with Crippen LogP contribution >= 0.6 is 0 Å². The van der Waals surface area contributed by atoms with E-state index in [1.807, 2.05) is 0 Å². The molecule has 0 radical (unpaired) electrons. The maximum absolute atomic E-state index is 14.5. The Labute approximate surface area is 143 Å². The summed E-state index contributed by atoms with van der Waals surface area (Å²) < 4.78 is 52.4. The lowest BCUT2D eigenvalue weighted by atomic mass is 10.1. The van der Waals surface area contributed by atoms with Crippen LogP contribution < -0.4 is 9.47 Å². The predicted octanol–water partition coefficient (Wildman–Crippen LogP) is 4.07. The number of nitro benzene ring substituents is 1. The zero-order valence-corrected chi connectivity index (χ0v) is 13.0. The molecule has 0 aliphatic rings. The van der Waals surface area contributed by atoms with Gasteiger partial charge >= 0.3 is 0 Å². The maximum Gasteiger partial charge on any atom is 0.275 e. The van der Waals surface area contributed by atoms with Gasteiger partial charge in [0.05, 0.1) is 35.1 Å². The molecule has 0 aliphatic heterocycles. The Morgan fingerprint density at radius 3 is 2.38 bits per heavy atom. The number of hydrogen-bond donors (Lipinski definition) is 1. The first-order valence-electron chi connectivity index (χ1n) is 6.99. The Hall–Kier alpha value is -3.56. The molecule has 0 saturated carbocycles. The van der Waals surface area contributed by atoms with Crippen molar-refractivity contribution in [2.24, 2.45) is 0 Å². The Bertz CT molecular complexity index is 1020. The van der Waals surface area contributed by atoms with E-state index in [2.05, 4.69) is 4.98 Å². The molecule has 1 aromatic heterocycles. The van der Waals surface area contributed by atoms with E-state index in [0.29, 0.717) is 12.1 Å². The first-order valence-corrected chi connectivity index (χ1v) is 6.99. The van der Waals surface area contributed by atoms with Crippen LogP contribution in [-0.4, -0.2) is 22.1 Å². The molecular weight excluding hydrogens is 357 g/mol. The second kappa shape index (κ2) is 6.39. The third kappa shape index (κ3) is 2.81. The molecule has 2 aromatic carbocycles. The Kier molecular flexibility index (Phi) is 4.24. The molecule has 26 heavy (non-hydrogen) atoms. The summed E-state index contributed by atoms with van der Waals surface area (Å²) in [5.74, 6) is -6.19. The summed E-state index contributed by atoms with van der Waals surface area (Å²) in [6.45, 7) is 0. The predicted molar refractivity (Wildman–Crippen MR) is 83.0 cm³/mol. The average Bonchev–Trinajstić information content (AvgIpc) is 2.60. The minimum absolute atomic E-state index is 0.00243. The summed E-state index contributed by atoms with van der Waals surface area (Å²) in [7, 11) is 1.21. The molecule has 0 bridgehead atoms. The van der Waals surface area contributed by atoms with Gasteiger partial charge < -0.3 is 14.6 Å². The molecule has 0 spiro atoms. The van der Waals surface area contributed by atoms with Crippen molar-refractivity contribution in [3.63, 3.8) is 0 Å². The normalized spacial score (nSPS) is 10.8. The third-order valence-corrected chi connectivity index (χ3v) is 3.50. The number of pyridine rings is 1. The fourth-order valence-corrected chi connectivity index (χ4v) is 2.31. The van der Waals surface area contributed by atoms with Crippen LogP contribution in [0.25, 0.3) is 10.9 Å². The number of ether oxygens (including phenoxy) is 2. The smallest absolute Gasteiger partial charge is 0.275 e. The minimum atomic E-state index is -1.35. The molecular formula is C16H9F3N2O5. The number of non-ortho nitro benzene ring substituents is 1. The van der Waals surface area contributed by atoms with Crippen LogP contribution in [0.4, 0.5) is 18.9 Å². The van der Waals surface area contributed by atoms with Gasteiger partial charge in [0.15, 0.2) is 34.7 Å². The summed E-state index contributed by atoms with van der Waals surface area (Å²) in [5.41, 5.74) is -0.808. The number of nitrogens with zero attached hydrogens (tertiary/aromatic N) is 2. The van der Waals surface area contributed by atoms with Crippen LogP contribution in [0.5, 0.6) is 23.0 Å². The van der Waals surface area contributed by atoms with Crippen LogP contribution in [0.2, 0.25) is 0 Å². The first kappa shape index (κ1) is 17.3. The molecule has 10 heteroatoms. The lowest BCUT2D eigenvalue weighted by Crippen LogP contribution is -1.98. The molecule has 1 heterocycles. The van der Waals surface area contributed by atoms with E-state index in [1.165, 1.54) is 19.4 Å². The van der Waals surface area contributed by atoms with Gasteiger partial charge in [-0.15, -0.1) is 0 Å². The monoisotopic (exact) mass is 366 g/mol. The highest BCUT2D eigenvalue weighted by Crippen LogP contribution is 2.40. The molecule has 7 nitrogen and oxygen atoms in total. The van der Waals surface area contributed by atoms with Gasteiger partial charge in [0.25, 0.3) is 5.69 Å². The molecule has 3 rings (SSSR count). The van der Waals surface area contributed by atoms with Crippen molar-refractivity contribution in [1.29, 1.82) is 0 Å². The van der Waals surface area contributed by atoms with Crippen LogP contribution in [-0.2, 0) is 0 Å². The highest BCUT2D eigenvalue weighted by Gasteiger charge is 2.22. The number of aromatic hydroxyl groups is 1. The molecule has 0 atom stereocenters. The topological polar surface area (TPSA) is 94.7 Å². The standard InChI is InChI=1S/C16H9F3N2O5/c1-25-12-6-10-13(14(19)15(12)22)11(2-3-20-10)26-16-8(17)4-7(21(23)24)5-9(16)18/h2-6,22H,1H3. The maximum atomic E-state index is 14.5. The molecule has 0 aliphatic carbocycles. The third-order valence-electron chi connectivity index (χ3n) is 3.50. The lowest BCUT2D eigenvalue weighted by molar-refractivity contribution is -0.385. The summed E-state index contributed by atoms with van der Waals surface area (Å²) in [5, 5.41) is 20.1. The number of rotatable bonds is 4. The zero-order valence-electron chi connectivity index (χ0n) is 13.0. The van der Waals surface area contributed by atoms with Crippen LogP contribution in [0.15, 0.2) is 30.5 Å². The van der Waals surface area contributed by atoms with Crippen molar-refractivity contribution in [1.82, 2.24) is 4.98 Å². The van der Waals surface area contributed by atoms with Crippen LogP contribution in [0.1, 0.15) is 0 Å². The molecule has 0 unspecified atom stereocenters. The fraction of sp³-hybridized carbons (Fsp3) is 0.0625. The number of benzene rings is 2. The first-order chi connectivity index (χ1) is 12.3. The number of phenols is 1. The number of aromatic nitrogens is 1. The summed E-state index contributed by atoms with van der Waals surface area (Å²) in [4.78, 5) is 13.5. The van der Waals surface area contributed by atoms with Gasteiger partial charge in [-0.25, -0.2) is 13.2 Å². The van der Waals surface area contributed by atoms with Gasteiger partial charge in [0, 0.05) is 12.3 Å². The largest absolute Gasteiger partial charge is 0.502 e. The van der Waals surface area contributed by atoms with Crippen LogP contribution in [0, 0.1) is 27.6 Å². The van der Waals surface area contributed by atoms with Gasteiger partial charge in [-0.2, -0.15) is 0 Å². The van der Waals surface area contributed by atoms with Gasteiger partial charge in [-0.1, -0.05) is 0 Å². The van der Waals surface area contributed by atoms with E-state index in [1.54, 1.807) is 0 Å². The molecule has 0 saturated heterocycles. The van der Waals surface area contributed by atoms with E-state index in [9.17, 15) is 28.4 Å².